The number of carboxylic acids is 1. The van der Waals surface area contributed by atoms with E-state index in [4.69, 9.17) is 9.84 Å². The number of aromatic carboxylic acids is 1. The van der Waals surface area contributed by atoms with Crippen LogP contribution in [0.15, 0.2) is 35.5 Å². The number of ether oxygens (including phenoxy) is 1. The minimum Gasteiger partial charge on any atom is -0.477 e. The molecule has 2 aromatic rings. The number of para-hydroxylation sites is 1. The number of aromatic nitrogens is 1. The van der Waals surface area contributed by atoms with Crippen molar-refractivity contribution in [2.24, 2.45) is 0 Å². The summed E-state index contributed by atoms with van der Waals surface area (Å²) in [6.45, 7) is 0. The average Bonchev–Trinajstić information content (AvgIpc) is 2.33. The molecule has 5 nitrogen and oxygen atoms in total. The number of nitrogens with zero attached hydrogens (tertiary/aromatic N) is 1. The van der Waals surface area contributed by atoms with Gasteiger partial charge in [0.05, 0.1) is 10.9 Å². The van der Waals surface area contributed by atoms with Gasteiger partial charge in [-0.2, -0.15) is 0 Å². The van der Waals surface area contributed by atoms with Crippen LogP contribution in [0.5, 0.6) is 5.75 Å². The van der Waals surface area contributed by atoms with Crippen LogP contribution in [-0.2, 0) is 0 Å². The first-order valence-corrected chi connectivity index (χ1v) is 4.93. The normalized spacial score (nSPS) is 12.5. The van der Waals surface area contributed by atoms with Gasteiger partial charge in [0.1, 0.15) is 11.8 Å². The van der Waals surface area contributed by atoms with Gasteiger partial charge in [0.15, 0.2) is 5.75 Å². The summed E-state index contributed by atoms with van der Waals surface area (Å²) in [5.74, 6) is -0.690. The highest BCUT2D eigenvalue weighted by atomic mass is 16.5. The molecule has 0 amide bonds. The van der Waals surface area contributed by atoms with Gasteiger partial charge < -0.3 is 14.4 Å². The lowest BCUT2D eigenvalue weighted by molar-refractivity contribution is 0.0695. The summed E-state index contributed by atoms with van der Waals surface area (Å²) in [5.41, 5.74) is -0.157. The molecule has 5 heteroatoms. The van der Waals surface area contributed by atoms with Crippen molar-refractivity contribution in [1.29, 1.82) is 0 Å². The molecule has 0 saturated heterocycles. The molecule has 2 heterocycles. The van der Waals surface area contributed by atoms with Gasteiger partial charge >= 0.3 is 5.97 Å². The predicted octanol–water partition coefficient (Wildman–Crippen LogP) is 1.52. The number of hydrogen-bond donors (Lipinski definition) is 1. The molecule has 0 aliphatic carbocycles. The van der Waals surface area contributed by atoms with Crippen LogP contribution in [0.3, 0.4) is 0 Å². The van der Waals surface area contributed by atoms with Crippen LogP contribution in [0.1, 0.15) is 10.4 Å². The Bertz CT molecular complexity index is 727. The maximum Gasteiger partial charge on any atom is 0.341 e. The maximum atomic E-state index is 11.9. The molecule has 0 atom stereocenters. The summed E-state index contributed by atoms with van der Waals surface area (Å²) >= 11 is 0. The van der Waals surface area contributed by atoms with Crippen molar-refractivity contribution in [3.05, 3.63) is 46.4 Å². The molecule has 0 spiro atoms. The first-order valence-electron chi connectivity index (χ1n) is 4.93. The quantitative estimate of drug-likeness (QED) is 0.804. The minimum atomic E-state index is -1.23. The van der Waals surface area contributed by atoms with Gasteiger partial charge in [-0.25, -0.2) is 4.79 Å². The fraction of sp³-hybridized carbons (Fsp3) is 0. The van der Waals surface area contributed by atoms with E-state index >= 15 is 0 Å². The van der Waals surface area contributed by atoms with Crippen LogP contribution in [0.4, 0.5) is 0 Å². The first kappa shape index (κ1) is 9.65. The third-order valence-corrected chi connectivity index (χ3v) is 2.66. The zero-order valence-electron chi connectivity index (χ0n) is 8.58. The van der Waals surface area contributed by atoms with E-state index < -0.39 is 11.4 Å². The summed E-state index contributed by atoms with van der Waals surface area (Å²) in [7, 11) is 0. The Labute approximate surface area is 95.2 Å². The van der Waals surface area contributed by atoms with Crippen LogP contribution in [-0.4, -0.2) is 15.6 Å². The molecule has 0 fully saturated rings. The predicted molar refractivity (Wildman–Crippen MR) is 61.1 cm³/mol. The minimum absolute atomic E-state index is 0.249. The third-order valence-electron chi connectivity index (χ3n) is 2.66. The maximum absolute atomic E-state index is 11.9. The Morgan fingerprint density at radius 1 is 1.35 bits per heavy atom. The highest BCUT2D eigenvalue weighted by Crippen LogP contribution is 2.27. The standard InChI is InChI=1S/C12H7NO4/c14-11-7-2-1-3-9-10(7)13(4-5-17-9)6-8(11)12(15)16/h1-6H,(H,15,16). The van der Waals surface area contributed by atoms with Gasteiger partial charge in [0, 0.05) is 12.4 Å². The lowest BCUT2D eigenvalue weighted by Gasteiger charge is -2.15. The zero-order chi connectivity index (χ0) is 12.0. The van der Waals surface area contributed by atoms with E-state index in [1.54, 1.807) is 29.0 Å². The summed E-state index contributed by atoms with van der Waals surface area (Å²) in [5, 5.41) is 9.30. The van der Waals surface area contributed by atoms with Gasteiger partial charge in [-0.1, -0.05) is 6.07 Å². The molecule has 1 aliphatic rings. The molecule has 1 aromatic carbocycles. The summed E-state index contributed by atoms with van der Waals surface area (Å²) in [6, 6.07) is 4.98. The summed E-state index contributed by atoms with van der Waals surface area (Å²) in [6.07, 6.45) is 4.31. The number of pyridine rings is 1. The second-order valence-electron chi connectivity index (χ2n) is 3.64. The van der Waals surface area contributed by atoms with Crippen molar-refractivity contribution in [1.82, 2.24) is 4.57 Å². The summed E-state index contributed by atoms with van der Waals surface area (Å²) in [4.78, 5) is 22.9. The van der Waals surface area contributed by atoms with E-state index in [2.05, 4.69) is 0 Å². The van der Waals surface area contributed by atoms with Crippen LogP contribution < -0.4 is 10.2 Å². The lowest BCUT2D eigenvalue weighted by Crippen LogP contribution is -2.18. The Morgan fingerprint density at radius 3 is 2.94 bits per heavy atom. The van der Waals surface area contributed by atoms with E-state index in [0.29, 0.717) is 16.7 Å². The van der Waals surface area contributed by atoms with Crippen molar-refractivity contribution < 1.29 is 14.6 Å². The number of hydrogen-bond acceptors (Lipinski definition) is 3. The van der Waals surface area contributed by atoms with Gasteiger partial charge in [-0.15, -0.1) is 0 Å². The topological polar surface area (TPSA) is 68.5 Å². The molecule has 0 unspecified atom stereocenters. The molecule has 84 valence electrons. The Balaban J connectivity index is 2.55. The molecule has 1 aromatic heterocycles. The van der Waals surface area contributed by atoms with E-state index in [-0.39, 0.29) is 5.56 Å². The molecule has 17 heavy (non-hydrogen) atoms. The molecule has 3 rings (SSSR count). The number of carboxylic acid groups (broad SMARTS) is 1. The van der Waals surface area contributed by atoms with Crippen molar-refractivity contribution in [3.8, 4) is 5.75 Å². The molecular weight excluding hydrogens is 222 g/mol. The number of carbonyl (C=O) groups is 1. The lowest BCUT2D eigenvalue weighted by atomic mass is 10.1. The molecule has 0 saturated carbocycles. The van der Waals surface area contributed by atoms with Crippen molar-refractivity contribution in [2.75, 3.05) is 0 Å². The second-order valence-corrected chi connectivity index (χ2v) is 3.64. The van der Waals surface area contributed by atoms with Gasteiger partial charge in [0.25, 0.3) is 0 Å². The molecule has 0 radical (unpaired) electrons. The van der Waals surface area contributed by atoms with Crippen LogP contribution in [0.25, 0.3) is 17.1 Å². The monoisotopic (exact) mass is 229 g/mol. The van der Waals surface area contributed by atoms with Crippen LogP contribution in [0.2, 0.25) is 0 Å². The fourth-order valence-corrected chi connectivity index (χ4v) is 1.91. The van der Waals surface area contributed by atoms with Crippen molar-refractivity contribution in [3.63, 3.8) is 0 Å². The summed E-state index contributed by atoms with van der Waals surface area (Å²) < 4.78 is 6.85. The van der Waals surface area contributed by atoms with E-state index in [0.717, 1.165) is 0 Å². The smallest absolute Gasteiger partial charge is 0.341 e. The Kier molecular flexibility index (Phi) is 1.82. The first-order chi connectivity index (χ1) is 8.18. The van der Waals surface area contributed by atoms with Crippen molar-refractivity contribution in [2.45, 2.75) is 0 Å². The fourth-order valence-electron chi connectivity index (χ4n) is 1.91. The van der Waals surface area contributed by atoms with Gasteiger partial charge in [-0.3, -0.25) is 4.79 Å². The molecular formula is C12H7NO4. The van der Waals surface area contributed by atoms with E-state index in [1.165, 1.54) is 12.5 Å². The molecule has 1 N–H and O–H groups in total. The average molecular weight is 229 g/mol. The Hall–Kier alpha value is -2.56. The highest BCUT2D eigenvalue weighted by Gasteiger charge is 2.17. The van der Waals surface area contributed by atoms with E-state index in [9.17, 15) is 9.59 Å². The SMILES string of the molecule is O=C(O)c1cn2c3c(cccc3c1=O)OC=C2. The highest BCUT2D eigenvalue weighted by molar-refractivity contribution is 5.95. The van der Waals surface area contributed by atoms with Gasteiger partial charge in [0.2, 0.25) is 5.43 Å². The number of rotatable bonds is 1. The van der Waals surface area contributed by atoms with Crippen LogP contribution in [0, 0.1) is 0 Å². The third kappa shape index (κ3) is 1.25. The van der Waals surface area contributed by atoms with Crippen molar-refractivity contribution >= 4 is 23.1 Å². The molecule has 0 bridgehead atoms. The van der Waals surface area contributed by atoms with E-state index in [1.807, 2.05) is 0 Å². The Morgan fingerprint density at radius 2 is 2.18 bits per heavy atom. The number of benzene rings is 1. The molecule has 1 aliphatic heterocycles. The zero-order valence-corrected chi connectivity index (χ0v) is 8.58. The second kappa shape index (κ2) is 3.21. The van der Waals surface area contributed by atoms with Gasteiger partial charge in [-0.05, 0) is 12.1 Å². The van der Waals surface area contributed by atoms with Crippen LogP contribution >= 0.6 is 0 Å². The largest absolute Gasteiger partial charge is 0.477 e.